The van der Waals surface area contributed by atoms with Gasteiger partial charge in [0.25, 0.3) is 0 Å². The zero-order valence-corrected chi connectivity index (χ0v) is 34.9. The van der Waals surface area contributed by atoms with Crippen LogP contribution >= 0.6 is 0 Å². The molecule has 0 saturated heterocycles. The predicted molar refractivity (Wildman–Crippen MR) is 229 cm³/mol. The van der Waals surface area contributed by atoms with Gasteiger partial charge < -0.3 is 53.3 Å². The maximum absolute atomic E-state index is 14.3. The Morgan fingerprint density at radius 2 is 1.25 bits per heavy atom. The van der Waals surface area contributed by atoms with E-state index in [1.165, 1.54) is 26.4 Å². The number of amides is 7. The van der Waals surface area contributed by atoms with Crippen LogP contribution in [0.3, 0.4) is 0 Å². The Labute approximate surface area is 354 Å². The van der Waals surface area contributed by atoms with Crippen LogP contribution in [0, 0.1) is 0 Å². The first-order chi connectivity index (χ1) is 29.3. The molecule has 6 atom stereocenters. The van der Waals surface area contributed by atoms with Gasteiger partial charge in [-0.15, -0.1) is 0 Å². The second-order valence-electron chi connectivity index (χ2n) is 15.1. The third-order valence-electron chi connectivity index (χ3n) is 10.2. The second-order valence-corrected chi connectivity index (χ2v) is 15.1. The molecule has 12 N–H and O–H groups in total. The summed E-state index contributed by atoms with van der Waals surface area (Å²) in [6.45, 7) is 5.05. The molecule has 0 bridgehead atoms. The zero-order chi connectivity index (χ0) is 44.3. The molecule has 7 amide bonds. The van der Waals surface area contributed by atoms with Crippen LogP contribution in [0.15, 0.2) is 73.3 Å². The first-order valence-corrected chi connectivity index (χ1v) is 20.6. The first kappa shape index (κ1) is 47.1. The molecule has 2 aromatic heterocycles. The number of carbonyl (C=O) groups excluding carboxylic acids is 7. The van der Waals surface area contributed by atoms with Gasteiger partial charge in [-0.3, -0.25) is 33.6 Å². The molecule has 61 heavy (non-hydrogen) atoms. The van der Waals surface area contributed by atoms with Crippen molar-refractivity contribution in [2.45, 2.75) is 115 Å². The number of carbonyl (C=O) groups is 7. The molecule has 2 aromatic carbocycles. The van der Waals surface area contributed by atoms with Crippen LogP contribution in [0.2, 0.25) is 0 Å². The number of aromatic amines is 2. The van der Waals surface area contributed by atoms with Crippen LogP contribution in [0.25, 0.3) is 10.9 Å². The summed E-state index contributed by atoms with van der Waals surface area (Å²) < 4.78 is 0. The average molecular weight is 842 g/mol. The minimum absolute atomic E-state index is 0.0134. The van der Waals surface area contributed by atoms with Crippen LogP contribution in [0.4, 0.5) is 0 Å². The Kier molecular flexibility index (Phi) is 18.5. The van der Waals surface area contributed by atoms with Crippen LogP contribution in [0.5, 0.6) is 0 Å². The summed E-state index contributed by atoms with van der Waals surface area (Å²) in [6.07, 6.45) is 7.73. The number of para-hydroxylation sites is 1. The van der Waals surface area contributed by atoms with Crippen molar-refractivity contribution in [3.8, 4) is 0 Å². The molecular weight excluding hydrogens is 783 g/mol. The fourth-order valence-corrected chi connectivity index (χ4v) is 6.80. The number of H-pyrrole nitrogens is 2. The normalized spacial score (nSPS) is 14.0. The maximum atomic E-state index is 14.3. The fourth-order valence-electron chi connectivity index (χ4n) is 6.80. The number of hydrogen-bond donors (Lipinski definition) is 10. The highest BCUT2D eigenvalue weighted by Crippen LogP contribution is 2.19. The van der Waals surface area contributed by atoms with E-state index in [9.17, 15) is 33.6 Å². The molecule has 0 aliphatic rings. The van der Waals surface area contributed by atoms with Gasteiger partial charge in [0.1, 0.15) is 36.3 Å². The van der Waals surface area contributed by atoms with Gasteiger partial charge in [0, 0.05) is 55.2 Å². The molecule has 0 fully saturated rings. The molecule has 328 valence electrons. The van der Waals surface area contributed by atoms with Crippen molar-refractivity contribution < 1.29 is 33.6 Å². The summed E-state index contributed by atoms with van der Waals surface area (Å²) in [5, 5.41) is 17.1. The molecule has 0 unspecified atom stereocenters. The van der Waals surface area contributed by atoms with Crippen LogP contribution < -0.4 is 43.4 Å². The molecule has 0 aliphatic carbocycles. The van der Waals surface area contributed by atoms with E-state index in [0.29, 0.717) is 43.5 Å². The van der Waals surface area contributed by atoms with E-state index in [4.69, 9.17) is 11.5 Å². The van der Waals surface area contributed by atoms with Crippen LogP contribution in [-0.2, 0) is 52.8 Å². The summed E-state index contributed by atoms with van der Waals surface area (Å²) in [4.78, 5) is 104. The summed E-state index contributed by atoms with van der Waals surface area (Å²) >= 11 is 0. The highest BCUT2D eigenvalue weighted by atomic mass is 16.2. The summed E-state index contributed by atoms with van der Waals surface area (Å²) in [7, 11) is 0. The number of imidazole rings is 1. The number of hydrogen-bond acceptors (Lipinski definition) is 9. The average Bonchev–Trinajstić information content (AvgIpc) is 3.91. The highest BCUT2D eigenvalue weighted by Gasteiger charge is 2.33. The van der Waals surface area contributed by atoms with Gasteiger partial charge in [-0.2, -0.15) is 0 Å². The third kappa shape index (κ3) is 14.9. The van der Waals surface area contributed by atoms with Crippen molar-refractivity contribution >= 4 is 52.3 Å². The van der Waals surface area contributed by atoms with Gasteiger partial charge in [-0.05, 0) is 56.3 Å². The number of nitrogens with zero attached hydrogens (tertiary/aromatic N) is 1. The van der Waals surface area contributed by atoms with E-state index in [1.807, 2.05) is 31.2 Å². The number of primary amides is 1. The number of benzene rings is 2. The van der Waals surface area contributed by atoms with E-state index in [1.54, 1.807) is 36.5 Å². The van der Waals surface area contributed by atoms with Crippen molar-refractivity contribution in [3.05, 3.63) is 90.1 Å². The Bertz CT molecular complexity index is 2070. The Morgan fingerprint density at radius 1 is 0.656 bits per heavy atom. The summed E-state index contributed by atoms with van der Waals surface area (Å²) in [6, 6.07) is 9.74. The van der Waals surface area contributed by atoms with Crippen molar-refractivity contribution in [3.63, 3.8) is 0 Å². The molecule has 0 aliphatic heterocycles. The molecule has 2 heterocycles. The number of unbranched alkanes of at least 4 members (excludes halogenated alkanes) is 2. The van der Waals surface area contributed by atoms with Gasteiger partial charge in [-0.1, -0.05) is 68.3 Å². The molecule has 0 spiro atoms. The molecule has 0 radical (unpaired) electrons. The van der Waals surface area contributed by atoms with Gasteiger partial charge in [-0.25, -0.2) is 4.98 Å². The van der Waals surface area contributed by atoms with Crippen LogP contribution in [0.1, 0.15) is 76.1 Å². The molecular formula is C43H59N11O7. The number of nitrogens with two attached hydrogens (primary N) is 2. The third-order valence-corrected chi connectivity index (χ3v) is 10.2. The minimum Gasteiger partial charge on any atom is -0.368 e. The SMILES string of the molecule is CCCC[C@H](NC(C)=O)C(=O)N[C@@H](C)C(=O)N[C@@H](Cc1cnc[nH]1)C(=O)N[C@H](Cc1ccccc1)C(=O)N[C@@H](CCCCN)C(=O)N[C@@H](Cc1c[nH]c2ccccc12)C(N)=O. The van der Waals surface area contributed by atoms with Gasteiger partial charge >= 0.3 is 0 Å². The standard InChI is InChI=1S/C43H59N11O7/c1-4-5-16-33(50-27(3)55)40(58)49-26(2)39(57)53-37(22-30-24-46-25-48-30)43(61)54-36(20-28-13-7-6-8-14-28)42(60)51-34(18-11-12-19-44)41(59)52-35(38(45)56)21-29-23-47-32-17-10-9-15-31(29)32/h6-10,13-15,17,23-26,33-37,47H,4-5,11-12,16,18-22,44H2,1-3H3,(H2,45,56)(H,46,48)(H,49,58)(H,50,55)(H,51,60)(H,52,59)(H,53,57)(H,54,61)/t26-,33-,34-,35-,36+,37-/m0/s1. The first-order valence-electron chi connectivity index (χ1n) is 20.6. The lowest BCUT2D eigenvalue weighted by Crippen LogP contribution is -2.60. The van der Waals surface area contributed by atoms with E-state index in [-0.39, 0.29) is 25.7 Å². The van der Waals surface area contributed by atoms with E-state index >= 15 is 0 Å². The minimum atomic E-state index is -1.26. The van der Waals surface area contributed by atoms with Gasteiger partial charge in [0.05, 0.1) is 6.33 Å². The lowest BCUT2D eigenvalue weighted by molar-refractivity contribution is -0.135. The lowest BCUT2D eigenvalue weighted by atomic mass is 10.0. The maximum Gasteiger partial charge on any atom is 0.243 e. The Balaban J connectivity index is 1.54. The van der Waals surface area contributed by atoms with Crippen molar-refractivity contribution in [1.82, 2.24) is 46.9 Å². The molecule has 18 heteroatoms. The van der Waals surface area contributed by atoms with E-state index in [0.717, 1.165) is 22.9 Å². The largest absolute Gasteiger partial charge is 0.368 e. The number of nitrogens with one attached hydrogen (secondary N) is 8. The summed E-state index contributed by atoms with van der Waals surface area (Å²) in [5.74, 6) is -4.46. The monoisotopic (exact) mass is 841 g/mol. The van der Waals surface area contributed by atoms with Crippen molar-refractivity contribution in [2.24, 2.45) is 11.5 Å². The fraction of sp³-hybridized carbons (Fsp3) is 0.442. The van der Waals surface area contributed by atoms with E-state index in [2.05, 4.69) is 46.9 Å². The number of rotatable bonds is 25. The predicted octanol–water partition coefficient (Wildman–Crippen LogP) is 0.672. The van der Waals surface area contributed by atoms with Crippen molar-refractivity contribution in [2.75, 3.05) is 6.54 Å². The van der Waals surface area contributed by atoms with E-state index < -0.39 is 77.6 Å². The van der Waals surface area contributed by atoms with Crippen molar-refractivity contribution in [1.29, 1.82) is 0 Å². The highest BCUT2D eigenvalue weighted by molar-refractivity contribution is 5.97. The number of fused-ring (bicyclic) bond motifs is 1. The van der Waals surface area contributed by atoms with Gasteiger partial charge in [0.15, 0.2) is 0 Å². The smallest absolute Gasteiger partial charge is 0.243 e. The Morgan fingerprint density at radius 3 is 1.90 bits per heavy atom. The van der Waals surface area contributed by atoms with Crippen LogP contribution in [-0.4, -0.2) is 99.1 Å². The number of aromatic nitrogens is 3. The van der Waals surface area contributed by atoms with Gasteiger partial charge in [0.2, 0.25) is 41.4 Å². The topological polar surface area (TPSA) is 288 Å². The molecule has 4 rings (SSSR count). The molecule has 4 aromatic rings. The molecule has 0 saturated carbocycles. The lowest BCUT2D eigenvalue weighted by Gasteiger charge is -2.27. The zero-order valence-electron chi connectivity index (χ0n) is 34.9. The quantitative estimate of drug-likeness (QED) is 0.0419. The summed E-state index contributed by atoms with van der Waals surface area (Å²) in [5.41, 5.74) is 14.3. The second kappa shape index (κ2) is 23.9. The molecule has 18 nitrogen and oxygen atoms in total. The Hall–Kier alpha value is -6.56.